The molecule has 0 aromatic rings. The van der Waals surface area contributed by atoms with E-state index in [1.807, 2.05) is 13.0 Å². The summed E-state index contributed by atoms with van der Waals surface area (Å²) in [5.41, 5.74) is 2.71. The van der Waals surface area contributed by atoms with Gasteiger partial charge < -0.3 is 0 Å². The van der Waals surface area contributed by atoms with Crippen molar-refractivity contribution in [3.05, 3.63) is 34.4 Å². The van der Waals surface area contributed by atoms with E-state index in [9.17, 15) is 0 Å². The molecule has 1 saturated carbocycles. The van der Waals surface area contributed by atoms with Gasteiger partial charge in [0.15, 0.2) is 0 Å². The number of hydrogen-bond acceptors (Lipinski definition) is 0. The van der Waals surface area contributed by atoms with Crippen molar-refractivity contribution in [1.82, 2.24) is 0 Å². The van der Waals surface area contributed by atoms with Crippen LogP contribution in [-0.2, 0) is 0 Å². The Balaban J connectivity index is 2.85. The smallest absolute Gasteiger partial charge is 0.0206 e. The summed E-state index contributed by atoms with van der Waals surface area (Å²) in [5.74, 6) is 0. The van der Waals surface area contributed by atoms with E-state index < -0.39 is 0 Å². The lowest BCUT2D eigenvalue weighted by atomic mass is 10.1. The Morgan fingerprint density at radius 2 is 2.27 bits per heavy atom. The molecule has 0 radical (unpaired) electrons. The van der Waals surface area contributed by atoms with Crippen LogP contribution in [-0.4, -0.2) is 0 Å². The third-order valence-electron chi connectivity index (χ3n) is 1.93. The maximum absolute atomic E-state index is 4.02. The second-order valence-electron chi connectivity index (χ2n) is 2.78. The Kier molecular flexibility index (Phi) is 3.13. The first-order valence-corrected chi connectivity index (χ1v) is 4.74. The first kappa shape index (κ1) is 8.79. The highest BCUT2D eigenvalue weighted by molar-refractivity contribution is 9.11. The number of rotatable bonds is 1. The van der Waals surface area contributed by atoms with E-state index in [4.69, 9.17) is 0 Å². The van der Waals surface area contributed by atoms with Crippen LogP contribution in [0.4, 0.5) is 0 Å². The van der Waals surface area contributed by atoms with Crippen molar-refractivity contribution in [2.45, 2.75) is 26.2 Å². The molecule has 1 aliphatic carbocycles. The maximum Gasteiger partial charge on any atom is 0.0206 e. The topological polar surface area (TPSA) is 0 Å². The first-order chi connectivity index (χ1) is 5.25. The molecule has 1 fully saturated rings. The van der Waals surface area contributed by atoms with Crippen molar-refractivity contribution in [2.24, 2.45) is 0 Å². The van der Waals surface area contributed by atoms with E-state index >= 15 is 0 Å². The molecule has 0 atom stereocenters. The van der Waals surface area contributed by atoms with Crippen LogP contribution >= 0.6 is 15.9 Å². The fourth-order valence-corrected chi connectivity index (χ4v) is 2.08. The lowest BCUT2D eigenvalue weighted by Crippen LogP contribution is -1.78. The van der Waals surface area contributed by atoms with Gasteiger partial charge in [0.05, 0.1) is 0 Å². The summed E-state index contributed by atoms with van der Waals surface area (Å²) >= 11 is 3.54. The molecule has 0 unspecified atom stereocenters. The summed E-state index contributed by atoms with van der Waals surface area (Å²) < 4.78 is 1.21. The first-order valence-electron chi connectivity index (χ1n) is 3.95. The van der Waals surface area contributed by atoms with E-state index in [1.54, 1.807) is 0 Å². The van der Waals surface area contributed by atoms with Gasteiger partial charge in [-0.1, -0.05) is 40.2 Å². The molecule has 60 valence electrons. The minimum atomic E-state index is 1.17. The minimum Gasteiger partial charge on any atom is -0.0955 e. The third kappa shape index (κ3) is 2.06. The molecular formula is C10H13Br. The molecule has 1 aliphatic rings. The van der Waals surface area contributed by atoms with Crippen molar-refractivity contribution in [2.75, 3.05) is 0 Å². The fraction of sp³-hybridized carbons (Fsp3) is 0.400. The molecule has 0 aliphatic heterocycles. The monoisotopic (exact) mass is 212 g/mol. The normalized spacial score (nSPS) is 23.3. The molecule has 0 heterocycles. The number of allylic oxidation sites excluding steroid dienone is 5. The number of hydrogen-bond donors (Lipinski definition) is 0. The lowest BCUT2D eigenvalue weighted by Gasteiger charge is -1.99. The van der Waals surface area contributed by atoms with Gasteiger partial charge in [-0.3, -0.25) is 0 Å². The van der Waals surface area contributed by atoms with E-state index in [-0.39, 0.29) is 0 Å². The van der Waals surface area contributed by atoms with E-state index in [0.29, 0.717) is 0 Å². The van der Waals surface area contributed by atoms with Gasteiger partial charge in [0.1, 0.15) is 0 Å². The summed E-state index contributed by atoms with van der Waals surface area (Å²) in [4.78, 5) is 0. The summed E-state index contributed by atoms with van der Waals surface area (Å²) in [6.45, 7) is 6.04. The SMILES string of the molecule is C=C1CCC/C1=C(Br)/C=C\C. The molecule has 0 N–H and O–H groups in total. The largest absolute Gasteiger partial charge is 0.0955 e. The Labute approximate surface area is 76.8 Å². The molecule has 0 aromatic heterocycles. The van der Waals surface area contributed by atoms with Crippen LogP contribution in [0.2, 0.25) is 0 Å². The lowest BCUT2D eigenvalue weighted by molar-refractivity contribution is 0.933. The van der Waals surface area contributed by atoms with Crippen molar-refractivity contribution >= 4 is 15.9 Å². The zero-order valence-electron chi connectivity index (χ0n) is 6.86. The quantitative estimate of drug-likeness (QED) is 0.618. The zero-order chi connectivity index (χ0) is 8.27. The third-order valence-corrected chi connectivity index (χ3v) is 2.68. The molecule has 1 rings (SSSR count). The van der Waals surface area contributed by atoms with Crippen LogP contribution < -0.4 is 0 Å². The van der Waals surface area contributed by atoms with Crippen molar-refractivity contribution in [3.8, 4) is 0 Å². The highest BCUT2D eigenvalue weighted by Gasteiger charge is 2.13. The van der Waals surface area contributed by atoms with Gasteiger partial charge in [-0.25, -0.2) is 0 Å². The fourth-order valence-electron chi connectivity index (χ4n) is 1.34. The van der Waals surface area contributed by atoms with Gasteiger partial charge >= 0.3 is 0 Å². The van der Waals surface area contributed by atoms with Gasteiger partial charge in [-0.15, -0.1) is 0 Å². The van der Waals surface area contributed by atoms with E-state index in [1.165, 1.54) is 34.9 Å². The van der Waals surface area contributed by atoms with Gasteiger partial charge in [0.2, 0.25) is 0 Å². The molecule has 0 nitrogen and oxygen atoms in total. The minimum absolute atomic E-state index is 1.17. The zero-order valence-corrected chi connectivity index (χ0v) is 8.45. The van der Waals surface area contributed by atoms with Crippen LogP contribution in [0.25, 0.3) is 0 Å². The number of halogens is 1. The van der Waals surface area contributed by atoms with Gasteiger partial charge in [0.25, 0.3) is 0 Å². The van der Waals surface area contributed by atoms with E-state index in [2.05, 4.69) is 28.6 Å². The van der Waals surface area contributed by atoms with Crippen LogP contribution in [0.3, 0.4) is 0 Å². The van der Waals surface area contributed by atoms with Gasteiger partial charge in [0, 0.05) is 4.48 Å². The second-order valence-corrected chi connectivity index (χ2v) is 3.64. The summed E-state index contributed by atoms with van der Waals surface area (Å²) in [6, 6.07) is 0. The summed E-state index contributed by atoms with van der Waals surface area (Å²) in [6.07, 6.45) is 7.75. The molecule has 1 heteroatoms. The van der Waals surface area contributed by atoms with Crippen molar-refractivity contribution in [3.63, 3.8) is 0 Å². The summed E-state index contributed by atoms with van der Waals surface area (Å²) in [7, 11) is 0. The molecule has 0 spiro atoms. The Bertz CT molecular complexity index is 221. The Morgan fingerprint density at radius 1 is 1.55 bits per heavy atom. The average Bonchev–Trinajstić information content (AvgIpc) is 2.36. The molecule has 0 aromatic carbocycles. The predicted molar refractivity (Wildman–Crippen MR) is 53.8 cm³/mol. The highest BCUT2D eigenvalue weighted by Crippen LogP contribution is 2.33. The van der Waals surface area contributed by atoms with E-state index in [0.717, 1.165) is 0 Å². The molecule has 11 heavy (non-hydrogen) atoms. The van der Waals surface area contributed by atoms with Gasteiger partial charge in [-0.05, 0) is 31.8 Å². The van der Waals surface area contributed by atoms with Crippen LogP contribution in [0.15, 0.2) is 34.4 Å². The second kappa shape index (κ2) is 3.91. The highest BCUT2D eigenvalue weighted by atomic mass is 79.9. The van der Waals surface area contributed by atoms with Crippen LogP contribution in [0, 0.1) is 0 Å². The molecule has 0 saturated heterocycles. The van der Waals surface area contributed by atoms with Crippen LogP contribution in [0.1, 0.15) is 26.2 Å². The molecule has 0 bridgehead atoms. The van der Waals surface area contributed by atoms with Gasteiger partial charge in [-0.2, -0.15) is 0 Å². The predicted octanol–water partition coefficient (Wildman–Crippen LogP) is 3.95. The molecular weight excluding hydrogens is 200 g/mol. The Morgan fingerprint density at radius 3 is 2.73 bits per heavy atom. The molecule has 0 amide bonds. The van der Waals surface area contributed by atoms with Crippen molar-refractivity contribution in [1.29, 1.82) is 0 Å². The standard InChI is InChI=1S/C10H13Br/c1-3-5-10(11)9-7-4-6-8(9)2/h3,5H,2,4,6-7H2,1H3/b5-3-,10-9+. The maximum atomic E-state index is 4.02. The summed E-state index contributed by atoms with van der Waals surface area (Å²) in [5, 5.41) is 0. The van der Waals surface area contributed by atoms with Crippen molar-refractivity contribution < 1.29 is 0 Å². The van der Waals surface area contributed by atoms with Crippen LogP contribution in [0.5, 0.6) is 0 Å². The average molecular weight is 213 g/mol. The Hall–Kier alpha value is -0.300.